The van der Waals surface area contributed by atoms with Crippen LogP contribution in [0.2, 0.25) is 0 Å². The summed E-state index contributed by atoms with van der Waals surface area (Å²) in [6.45, 7) is 4.40. The first-order chi connectivity index (χ1) is 9.58. The summed E-state index contributed by atoms with van der Waals surface area (Å²) in [5, 5.41) is 0. The molecule has 102 valence electrons. The maximum atomic E-state index is 3.27. The molecule has 0 N–H and O–H groups in total. The highest BCUT2D eigenvalue weighted by Gasteiger charge is 2.00. The summed E-state index contributed by atoms with van der Waals surface area (Å²) in [6.07, 6.45) is 0. The summed E-state index contributed by atoms with van der Waals surface area (Å²) in [6, 6.07) is 16.7. The van der Waals surface area contributed by atoms with E-state index in [4.69, 9.17) is 0 Å². The number of hydrogen-bond donors (Lipinski definition) is 0. The SMILES string of the molecule is CC(C)c1ccc(C#Cc2ccccc2N(C)C)cc1. The van der Waals surface area contributed by atoms with Crippen LogP contribution in [-0.4, -0.2) is 14.1 Å². The summed E-state index contributed by atoms with van der Waals surface area (Å²) in [7, 11) is 4.08. The first-order valence-corrected chi connectivity index (χ1v) is 6.96. The van der Waals surface area contributed by atoms with Crippen LogP contribution in [0.15, 0.2) is 48.5 Å². The molecule has 0 aliphatic rings. The minimum Gasteiger partial charge on any atom is -0.377 e. The lowest BCUT2D eigenvalue weighted by Crippen LogP contribution is -2.09. The highest BCUT2D eigenvalue weighted by atomic mass is 15.1. The van der Waals surface area contributed by atoms with Crippen molar-refractivity contribution in [1.82, 2.24) is 0 Å². The van der Waals surface area contributed by atoms with Crippen LogP contribution >= 0.6 is 0 Å². The maximum absolute atomic E-state index is 3.27. The molecule has 2 aromatic carbocycles. The van der Waals surface area contributed by atoms with Gasteiger partial charge in [0.05, 0.1) is 5.69 Å². The van der Waals surface area contributed by atoms with Crippen LogP contribution < -0.4 is 4.90 Å². The largest absolute Gasteiger partial charge is 0.377 e. The van der Waals surface area contributed by atoms with Crippen LogP contribution in [0, 0.1) is 11.8 Å². The van der Waals surface area contributed by atoms with Crippen molar-refractivity contribution in [3.05, 3.63) is 65.2 Å². The Morgan fingerprint density at radius 1 is 0.850 bits per heavy atom. The molecule has 0 aromatic heterocycles. The van der Waals surface area contributed by atoms with Crippen molar-refractivity contribution in [3.8, 4) is 11.8 Å². The minimum absolute atomic E-state index is 0.562. The number of para-hydroxylation sites is 1. The lowest BCUT2D eigenvalue weighted by Gasteiger charge is -2.13. The summed E-state index contributed by atoms with van der Waals surface area (Å²) >= 11 is 0. The molecule has 0 spiro atoms. The zero-order valence-electron chi connectivity index (χ0n) is 12.6. The van der Waals surface area contributed by atoms with E-state index in [2.05, 4.69) is 67.0 Å². The van der Waals surface area contributed by atoms with Gasteiger partial charge in [-0.15, -0.1) is 0 Å². The van der Waals surface area contributed by atoms with E-state index in [1.54, 1.807) is 0 Å². The topological polar surface area (TPSA) is 3.24 Å². The molecule has 0 amide bonds. The quantitative estimate of drug-likeness (QED) is 0.731. The summed E-state index contributed by atoms with van der Waals surface area (Å²) < 4.78 is 0. The summed E-state index contributed by atoms with van der Waals surface area (Å²) in [5.41, 5.74) is 4.62. The van der Waals surface area contributed by atoms with E-state index in [-0.39, 0.29) is 0 Å². The first-order valence-electron chi connectivity index (χ1n) is 6.96. The molecule has 0 heterocycles. The Labute approximate surface area is 122 Å². The summed E-state index contributed by atoms with van der Waals surface area (Å²) in [5.74, 6) is 7.08. The molecule has 2 rings (SSSR count). The second-order valence-corrected chi connectivity index (χ2v) is 5.44. The maximum Gasteiger partial charge on any atom is 0.0520 e. The van der Waals surface area contributed by atoms with Gasteiger partial charge in [-0.2, -0.15) is 0 Å². The van der Waals surface area contributed by atoms with Crippen LogP contribution in [0.4, 0.5) is 5.69 Å². The van der Waals surface area contributed by atoms with Gasteiger partial charge in [0.2, 0.25) is 0 Å². The number of anilines is 1. The summed E-state index contributed by atoms with van der Waals surface area (Å²) in [4.78, 5) is 2.09. The Hall–Kier alpha value is -2.20. The van der Waals surface area contributed by atoms with E-state index in [0.717, 1.165) is 16.8 Å². The van der Waals surface area contributed by atoms with Gasteiger partial charge in [0, 0.05) is 25.2 Å². The molecule has 0 bridgehead atoms. The third kappa shape index (κ3) is 3.42. The van der Waals surface area contributed by atoms with E-state index in [1.165, 1.54) is 5.56 Å². The molecule has 0 fully saturated rings. The highest BCUT2D eigenvalue weighted by Crippen LogP contribution is 2.17. The molecule has 0 aliphatic carbocycles. The van der Waals surface area contributed by atoms with Crippen LogP contribution in [0.25, 0.3) is 0 Å². The molecule has 1 nitrogen and oxygen atoms in total. The first kappa shape index (κ1) is 14.2. The normalized spacial score (nSPS) is 10.1. The fourth-order valence-corrected chi connectivity index (χ4v) is 2.06. The average molecular weight is 263 g/mol. The molecule has 0 atom stereocenters. The fraction of sp³-hybridized carbons (Fsp3) is 0.263. The molecule has 0 aliphatic heterocycles. The Kier molecular flexibility index (Phi) is 4.48. The van der Waals surface area contributed by atoms with E-state index in [1.807, 2.05) is 26.2 Å². The van der Waals surface area contributed by atoms with E-state index >= 15 is 0 Å². The molecule has 2 aromatic rings. The molecule has 0 radical (unpaired) electrons. The monoisotopic (exact) mass is 263 g/mol. The number of nitrogens with zero attached hydrogens (tertiary/aromatic N) is 1. The fourth-order valence-electron chi connectivity index (χ4n) is 2.06. The second kappa shape index (κ2) is 6.30. The van der Waals surface area contributed by atoms with Crippen LogP contribution in [-0.2, 0) is 0 Å². The van der Waals surface area contributed by atoms with Gasteiger partial charge < -0.3 is 4.90 Å². The third-order valence-corrected chi connectivity index (χ3v) is 3.30. The van der Waals surface area contributed by atoms with Crippen LogP contribution in [0.1, 0.15) is 36.5 Å². The zero-order valence-corrected chi connectivity index (χ0v) is 12.6. The van der Waals surface area contributed by atoms with E-state index in [9.17, 15) is 0 Å². The average Bonchev–Trinajstić information content (AvgIpc) is 2.45. The van der Waals surface area contributed by atoms with Gasteiger partial charge in [-0.05, 0) is 35.7 Å². The lowest BCUT2D eigenvalue weighted by atomic mass is 10.0. The third-order valence-electron chi connectivity index (χ3n) is 3.30. The minimum atomic E-state index is 0.562. The second-order valence-electron chi connectivity index (χ2n) is 5.44. The Bertz CT molecular complexity index is 625. The molecule has 1 heteroatoms. The van der Waals surface area contributed by atoms with Crippen molar-refractivity contribution >= 4 is 5.69 Å². The number of hydrogen-bond acceptors (Lipinski definition) is 1. The van der Waals surface area contributed by atoms with Gasteiger partial charge in [-0.1, -0.05) is 50.0 Å². The van der Waals surface area contributed by atoms with Crippen molar-refractivity contribution < 1.29 is 0 Å². The number of rotatable bonds is 2. The van der Waals surface area contributed by atoms with Gasteiger partial charge in [-0.3, -0.25) is 0 Å². The predicted molar refractivity (Wildman–Crippen MR) is 87.3 cm³/mol. The molecular weight excluding hydrogens is 242 g/mol. The van der Waals surface area contributed by atoms with E-state index in [0.29, 0.717) is 5.92 Å². The predicted octanol–water partition coefficient (Wildman–Crippen LogP) is 4.28. The Balaban J connectivity index is 2.27. The lowest BCUT2D eigenvalue weighted by molar-refractivity contribution is 0.866. The van der Waals surface area contributed by atoms with E-state index < -0.39 is 0 Å². The van der Waals surface area contributed by atoms with Gasteiger partial charge in [0.15, 0.2) is 0 Å². The van der Waals surface area contributed by atoms with Gasteiger partial charge in [0.1, 0.15) is 0 Å². The van der Waals surface area contributed by atoms with Crippen molar-refractivity contribution in [1.29, 1.82) is 0 Å². The molecule has 0 saturated carbocycles. The molecular formula is C19H21N. The number of benzene rings is 2. The van der Waals surface area contributed by atoms with Gasteiger partial charge in [0.25, 0.3) is 0 Å². The zero-order chi connectivity index (χ0) is 14.5. The standard InChI is InChI=1S/C19H21N/c1-15(2)17-12-9-16(10-13-17)11-14-18-7-5-6-8-19(18)20(3)4/h5-10,12-13,15H,1-4H3. The van der Waals surface area contributed by atoms with Crippen molar-refractivity contribution in [3.63, 3.8) is 0 Å². The van der Waals surface area contributed by atoms with Crippen molar-refractivity contribution in [2.75, 3.05) is 19.0 Å². The van der Waals surface area contributed by atoms with Gasteiger partial charge in [-0.25, -0.2) is 0 Å². The Morgan fingerprint density at radius 2 is 1.50 bits per heavy atom. The van der Waals surface area contributed by atoms with Crippen molar-refractivity contribution in [2.45, 2.75) is 19.8 Å². The highest BCUT2D eigenvalue weighted by molar-refractivity contribution is 5.61. The van der Waals surface area contributed by atoms with Crippen molar-refractivity contribution in [2.24, 2.45) is 0 Å². The molecule has 20 heavy (non-hydrogen) atoms. The van der Waals surface area contributed by atoms with Crippen LogP contribution in [0.3, 0.4) is 0 Å². The molecule has 0 saturated heterocycles. The van der Waals surface area contributed by atoms with Gasteiger partial charge >= 0.3 is 0 Å². The molecule has 0 unspecified atom stereocenters. The Morgan fingerprint density at radius 3 is 2.10 bits per heavy atom. The smallest absolute Gasteiger partial charge is 0.0520 e. The van der Waals surface area contributed by atoms with Crippen LogP contribution in [0.5, 0.6) is 0 Å².